The Morgan fingerprint density at radius 3 is 2.68 bits per heavy atom. The van der Waals surface area contributed by atoms with Crippen molar-refractivity contribution in [3.8, 4) is 16.5 Å². The lowest BCUT2D eigenvalue weighted by Crippen LogP contribution is -2.36. The van der Waals surface area contributed by atoms with E-state index in [1.54, 1.807) is 19.1 Å². The molecular formula is C25H27N3O4S2. The van der Waals surface area contributed by atoms with Gasteiger partial charge in [-0.15, -0.1) is 11.3 Å². The Bertz CT molecular complexity index is 1340. The highest BCUT2D eigenvalue weighted by atomic mass is 32.2. The van der Waals surface area contributed by atoms with Crippen LogP contribution in [0.25, 0.3) is 27.3 Å². The van der Waals surface area contributed by atoms with Gasteiger partial charge in [0.05, 0.1) is 19.3 Å². The molecule has 9 heteroatoms. The van der Waals surface area contributed by atoms with Gasteiger partial charge in [0.2, 0.25) is 0 Å². The zero-order valence-electron chi connectivity index (χ0n) is 18.9. The van der Waals surface area contributed by atoms with Crippen molar-refractivity contribution < 1.29 is 18.3 Å². The first-order valence-electron chi connectivity index (χ1n) is 11.2. The third-order valence-electron chi connectivity index (χ3n) is 5.76. The molecule has 0 aliphatic carbocycles. The summed E-state index contributed by atoms with van der Waals surface area (Å²) in [7, 11) is -3.99. The van der Waals surface area contributed by atoms with Crippen molar-refractivity contribution in [3.05, 3.63) is 58.3 Å². The molecule has 1 unspecified atom stereocenters. The number of hydrogen-bond donors (Lipinski definition) is 2. The monoisotopic (exact) mass is 497 g/mol. The molecule has 2 aromatic carbocycles. The maximum atomic E-state index is 12.4. The minimum Gasteiger partial charge on any atom is -0.392 e. The van der Waals surface area contributed by atoms with Crippen molar-refractivity contribution in [2.24, 2.45) is 0 Å². The van der Waals surface area contributed by atoms with Crippen molar-refractivity contribution in [3.63, 3.8) is 0 Å². The quantitative estimate of drug-likeness (QED) is 0.457. The van der Waals surface area contributed by atoms with Gasteiger partial charge in [0.25, 0.3) is 10.0 Å². The van der Waals surface area contributed by atoms with E-state index in [4.69, 9.17) is 4.74 Å². The standard InChI is InChI=1S/C25H27N3O4S2/c1-2-22(29)17-27-34(30,31)24(16-26)15-23-7-8-25(33-23)20-4-3-19-14-21(6-5-18(19)13-20)28-9-11-32-12-10-28/h3-8,13-15,22,27,29H,2,9-12,17H2,1H3/b24-15+. The van der Waals surface area contributed by atoms with Crippen LogP contribution in [-0.4, -0.2) is 52.5 Å². The fraction of sp³-hybridized carbons (Fsp3) is 0.320. The lowest BCUT2D eigenvalue weighted by atomic mass is 10.0. The van der Waals surface area contributed by atoms with E-state index in [-0.39, 0.29) is 11.4 Å². The molecule has 178 valence electrons. The molecular weight excluding hydrogens is 470 g/mol. The lowest BCUT2D eigenvalue weighted by molar-refractivity contribution is 0.122. The number of benzene rings is 2. The van der Waals surface area contributed by atoms with Gasteiger partial charge in [-0.05, 0) is 59.2 Å². The number of aliphatic hydroxyl groups excluding tert-OH is 1. The highest BCUT2D eigenvalue weighted by Crippen LogP contribution is 2.33. The molecule has 4 rings (SSSR count). The maximum Gasteiger partial charge on any atom is 0.250 e. The molecule has 1 aliphatic rings. The summed E-state index contributed by atoms with van der Waals surface area (Å²) in [6.07, 6.45) is 0.994. The van der Waals surface area contributed by atoms with Gasteiger partial charge in [-0.25, -0.2) is 13.1 Å². The van der Waals surface area contributed by atoms with Crippen LogP contribution in [0.4, 0.5) is 5.69 Å². The maximum absolute atomic E-state index is 12.4. The third-order valence-corrected chi connectivity index (χ3v) is 8.18. The Hall–Kier alpha value is -2.74. The van der Waals surface area contributed by atoms with Crippen molar-refractivity contribution in [1.82, 2.24) is 4.72 Å². The topological polar surface area (TPSA) is 103 Å². The van der Waals surface area contributed by atoms with E-state index in [0.717, 1.165) is 47.5 Å². The summed E-state index contributed by atoms with van der Waals surface area (Å²) < 4.78 is 32.6. The first kappa shape index (κ1) is 24.4. The molecule has 7 nitrogen and oxygen atoms in total. The second kappa shape index (κ2) is 10.7. The number of aliphatic hydroxyl groups is 1. The number of hydrogen-bond acceptors (Lipinski definition) is 7. The van der Waals surface area contributed by atoms with Crippen LogP contribution in [0.1, 0.15) is 18.2 Å². The summed E-state index contributed by atoms with van der Waals surface area (Å²) in [5.74, 6) is 0. The number of sulfonamides is 1. The summed E-state index contributed by atoms with van der Waals surface area (Å²) >= 11 is 1.42. The van der Waals surface area contributed by atoms with Crippen LogP contribution in [0.2, 0.25) is 0 Å². The fourth-order valence-corrected chi connectivity index (χ4v) is 5.71. The van der Waals surface area contributed by atoms with Crippen LogP contribution < -0.4 is 9.62 Å². The molecule has 1 fully saturated rings. The Balaban J connectivity index is 1.54. The number of rotatable bonds is 8. The number of nitrogens with zero attached hydrogens (tertiary/aromatic N) is 2. The largest absolute Gasteiger partial charge is 0.392 e. The molecule has 1 atom stereocenters. The number of allylic oxidation sites excluding steroid dienone is 1. The molecule has 3 aromatic rings. The molecule has 1 aromatic heterocycles. The van der Waals surface area contributed by atoms with Crippen LogP contribution in [0.3, 0.4) is 0 Å². The molecule has 1 saturated heterocycles. The molecule has 0 saturated carbocycles. The average Bonchev–Trinajstić information content (AvgIpc) is 3.34. The van der Waals surface area contributed by atoms with E-state index in [2.05, 4.69) is 46.0 Å². The van der Waals surface area contributed by atoms with E-state index in [1.165, 1.54) is 23.1 Å². The van der Waals surface area contributed by atoms with Crippen LogP contribution in [0, 0.1) is 11.3 Å². The summed E-state index contributed by atoms with van der Waals surface area (Å²) in [6, 6.07) is 18.2. The van der Waals surface area contributed by atoms with E-state index in [1.807, 2.05) is 6.07 Å². The molecule has 0 amide bonds. The summed E-state index contributed by atoms with van der Waals surface area (Å²) in [4.78, 5) is 3.59. The zero-order valence-corrected chi connectivity index (χ0v) is 20.5. The van der Waals surface area contributed by atoms with Gasteiger partial charge >= 0.3 is 0 Å². The van der Waals surface area contributed by atoms with E-state index in [9.17, 15) is 18.8 Å². The average molecular weight is 498 g/mol. The van der Waals surface area contributed by atoms with Gasteiger partial charge in [0.1, 0.15) is 6.07 Å². The molecule has 2 heterocycles. The Morgan fingerprint density at radius 1 is 1.21 bits per heavy atom. The SMILES string of the molecule is CCC(O)CNS(=O)(=O)/C(C#N)=C/c1ccc(-c2ccc3cc(N4CCOCC4)ccc3c2)s1. The number of thiophene rings is 1. The normalized spacial score (nSPS) is 15.9. The van der Waals surface area contributed by atoms with Gasteiger partial charge in [-0.3, -0.25) is 0 Å². The number of morpholine rings is 1. The van der Waals surface area contributed by atoms with Crippen molar-refractivity contribution in [2.75, 3.05) is 37.7 Å². The zero-order chi connectivity index (χ0) is 24.1. The molecule has 0 bridgehead atoms. The molecule has 1 aliphatic heterocycles. The van der Waals surface area contributed by atoms with Crippen molar-refractivity contribution in [2.45, 2.75) is 19.4 Å². The van der Waals surface area contributed by atoms with E-state index >= 15 is 0 Å². The minimum atomic E-state index is -3.99. The number of anilines is 1. The van der Waals surface area contributed by atoms with Crippen LogP contribution in [0.15, 0.2) is 53.4 Å². The minimum absolute atomic E-state index is 0.127. The first-order valence-corrected chi connectivity index (χ1v) is 13.5. The van der Waals surface area contributed by atoms with Gasteiger partial charge < -0.3 is 14.7 Å². The molecule has 0 spiro atoms. The van der Waals surface area contributed by atoms with Crippen LogP contribution >= 0.6 is 11.3 Å². The molecule has 2 N–H and O–H groups in total. The Kier molecular flexibility index (Phi) is 7.66. The summed E-state index contributed by atoms with van der Waals surface area (Å²) in [5.41, 5.74) is 2.22. The van der Waals surface area contributed by atoms with Gasteiger partial charge in [0.15, 0.2) is 4.91 Å². The lowest BCUT2D eigenvalue weighted by Gasteiger charge is -2.29. The van der Waals surface area contributed by atoms with Gasteiger partial charge in [0, 0.05) is 35.1 Å². The predicted octanol–water partition coefficient (Wildman–Crippen LogP) is 3.96. The highest BCUT2D eigenvalue weighted by molar-refractivity contribution is 7.93. The summed E-state index contributed by atoms with van der Waals surface area (Å²) in [5, 5.41) is 21.3. The Labute approximate surface area is 204 Å². The Morgan fingerprint density at radius 2 is 1.94 bits per heavy atom. The van der Waals surface area contributed by atoms with E-state index in [0.29, 0.717) is 11.3 Å². The number of ether oxygens (including phenoxy) is 1. The predicted molar refractivity (Wildman–Crippen MR) is 137 cm³/mol. The van der Waals surface area contributed by atoms with Crippen LogP contribution in [-0.2, 0) is 14.8 Å². The number of nitriles is 1. The van der Waals surface area contributed by atoms with Crippen molar-refractivity contribution >= 4 is 43.9 Å². The fourth-order valence-electron chi connectivity index (χ4n) is 3.72. The molecule has 34 heavy (non-hydrogen) atoms. The van der Waals surface area contributed by atoms with Crippen molar-refractivity contribution in [1.29, 1.82) is 5.26 Å². The van der Waals surface area contributed by atoms with Gasteiger partial charge in [-0.2, -0.15) is 5.26 Å². The number of fused-ring (bicyclic) bond motifs is 1. The number of nitrogens with one attached hydrogen (secondary N) is 1. The molecule has 0 radical (unpaired) electrons. The summed E-state index contributed by atoms with van der Waals surface area (Å²) in [6.45, 7) is 4.91. The highest BCUT2D eigenvalue weighted by Gasteiger charge is 2.19. The second-order valence-corrected chi connectivity index (χ2v) is 10.9. The van der Waals surface area contributed by atoms with Gasteiger partial charge in [-0.1, -0.05) is 25.1 Å². The first-order chi connectivity index (χ1) is 16.4. The van der Waals surface area contributed by atoms with E-state index < -0.39 is 16.1 Å². The third kappa shape index (κ3) is 5.66. The smallest absolute Gasteiger partial charge is 0.250 e. The second-order valence-electron chi connectivity index (χ2n) is 8.08. The van der Waals surface area contributed by atoms with Crippen LogP contribution in [0.5, 0.6) is 0 Å².